The van der Waals surface area contributed by atoms with E-state index in [0.717, 1.165) is 37.7 Å². The van der Waals surface area contributed by atoms with Crippen LogP contribution < -0.4 is 5.32 Å². The molecule has 6 rings (SSSR count). The lowest BCUT2D eigenvalue weighted by molar-refractivity contribution is -0.282. The van der Waals surface area contributed by atoms with Gasteiger partial charge < -0.3 is 19.7 Å². The maximum atomic E-state index is 14.7. The van der Waals surface area contributed by atoms with Crippen molar-refractivity contribution in [3.8, 4) is 0 Å². The Bertz CT molecular complexity index is 1670. The van der Waals surface area contributed by atoms with Crippen molar-refractivity contribution in [2.24, 2.45) is 56.7 Å². The SMILES string of the molecule is C=C(C)[C@@H]1CC[C@]2(C(=O)NCCN(CCC(=O)OC)CCC(=O)OC)CC[C@]3(C)[C@H](CC[C@@H]4[C@@]5(C)CC=C(c6ccc(COOC)cc6)C(C)(C)[C@@H]5CC[C@]43C)[C@@H]12. The molecule has 5 aliphatic carbocycles. The topological polar surface area (TPSA) is 103 Å². The lowest BCUT2D eigenvalue weighted by Gasteiger charge is -2.72. The number of hydrogen-bond donors (Lipinski definition) is 1. The van der Waals surface area contributed by atoms with Gasteiger partial charge in [0.15, 0.2) is 0 Å². The number of nitrogens with zero attached hydrogens (tertiary/aromatic N) is 1. The molecular weight excluding hydrogens is 717 g/mol. The molecule has 0 bridgehead atoms. The van der Waals surface area contributed by atoms with Crippen molar-refractivity contribution in [3.05, 3.63) is 53.6 Å². The minimum atomic E-state index is -0.406. The minimum Gasteiger partial charge on any atom is -0.469 e. The maximum Gasteiger partial charge on any atom is 0.306 e. The van der Waals surface area contributed by atoms with Crippen molar-refractivity contribution >= 4 is 23.4 Å². The van der Waals surface area contributed by atoms with Gasteiger partial charge in [0.25, 0.3) is 0 Å². The van der Waals surface area contributed by atoms with Crippen molar-refractivity contribution in [2.45, 2.75) is 119 Å². The van der Waals surface area contributed by atoms with E-state index in [1.54, 1.807) is 7.11 Å². The van der Waals surface area contributed by atoms with Gasteiger partial charge >= 0.3 is 11.9 Å². The number of methoxy groups -OCH3 is 2. The van der Waals surface area contributed by atoms with Crippen molar-refractivity contribution in [2.75, 3.05) is 47.5 Å². The van der Waals surface area contributed by atoms with Crippen LogP contribution in [0.3, 0.4) is 0 Å². The second-order valence-electron chi connectivity index (χ2n) is 19.8. The maximum absolute atomic E-state index is 14.7. The highest BCUT2D eigenvalue weighted by atomic mass is 17.2. The van der Waals surface area contributed by atoms with Gasteiger partial charge in [-0.1, -0.05) is 77.1 Å². The van der Waals surface area contributed by atoms with Crippen LogP contribution in [0.25, 0.3) is 5.57 Å². The van der Waals surface area contributed by atoms with Gasteiger partial charge in [-0.2, -0.15) is 0 Å². The van der Waals surface area contributed by atoms with E-state index in [1.165, 1.54) is 56.6 Å². The monoisotopic (exact) mass is 789 g/mol. The summed E-state index contributed by atoms with van der Waals surface area (Å²) in [6.45, 7) is 22.0. The zero-order chi connectivity index (χ0) is 41.4. The number of esters is 2. The smallest absolute Gasteiger partial charge is 0.306 e. The van der Waals surface area contributed by atoms with Crippen LogP contribution in [0.15, 0.2) is 42.5 Å². The van der Waals surface area contributed by atoms with Gasteiger partial charge in [-0.05, 0) is 133 Å². The average molecular weight is 789 g/mol. The van der Waals surface area contributed by atoms with Crippen LogP contribution in [0.2, 0.25) is 0 Å². The fraction of sp³-hybridized carbons (Fsp3) is 0.729. The second-order valence-corrected chi connectivity index (χ2v) is 19.8. The van der Waals surface area contributed by atoms with Gasteiger partial charge in [-0.15, -0.1) is 0 Å². The van der Waals surface area contributed by atoms with Crippen molar-refractivity contribution in [1.82, 2.24) is 10.2 Å². The molecule has 0 aromatic heterocycles. The normalized spacial score (nSPS) is 35.2. The molecule has 5 aliphatic rings. The van der Waals surface area contributed by atoms with Gasteiger partial charge in [0, 0.05) is 26.2 Å². The molecule has 1 aromatic rings. The van der Waals surface area contributed by atoms with E-state index in [1.807, 2.05) is 4.90 Å². The Hall–Kier alpha value is -3.01. The first kappa shape index (κ1) is 43.6. The van der Waals surface area contributed by atoms with Crippen LogP contribution in [-0.2, 0) is 40.2 Å². The summed E-state index contributed by atoms with van der Waals surface area (Å²) >= 11 is 0. The lowest BCUT2D eigenvalue weighted by Crippen LogP contribution is -2.66. The average Bonchev–Trinajstić information content (AvgIpc) is 3.59. The Balaban J connectivity index is 1.22. The lowest BCUT2D eigenvalue weighted by atomic mass is 9.32. The summed E-state index contributed by atoms with van der Waals surface area (Å²) in [7, 11) is 4.32. The van der Waals surface area contributed by atoms with Crippen LogP contribution in [0.5, 0.6) is 0 Å². The van der Waals surface area contributed by atoms with Crippen molar-refractivity contribution in [3.63, 3.8) is 0 Å². The van der Waals surface area contributed by atoms with Crippen LogP contribution in [0.4, 0.5) is 0 Å². The number of rotatable bonds is 15. The third-order valence-corrected chi connectivity index (χ3v) is 17.1. The predicted molar refractivity (Wildman–Crippen MR) is 223 cm³/mol. The number of nitrogens with one attached hydrogen (secondary N) is 1. The fourth-order valence-electron chi connectivity index (χ4n) is 14.1. The Morgan fingerprint density at radius 3 is 2.09 bits per heavy atom. The number of benzene rings is 1. The van der Waals surface area contributed by atoms with E-state index in [9.17, 15) is 14.4 Å². The molecule has 57 heavy (non-hydrogen) atoms. The second kappa shape index (κ2) is 16.9. The number of hydrogen-bond acceptors (Lipinski definition) is 8. The predicted octanol–water partition coefficient (Wildman–Crippen LogP) is 8.96. The molecule has 9 nitrogen and oxygen atoms in total. The molecule has 9 heteroatoms. The van der Waals surface area contributed by atoms with Crippen LogP contribution >= 0.6 is 0 Å². The Morgan fingerprint density at radius 1 is 0.807 bits per heavy atom. The highest BCUT2D eigenvalue weighted by Gasteiger charge is 2.71. The van der Waals surface area contributed by atoms with Crippen LogP contribution in [0.1, 0.15) is 123 Å². The highest BCUT2D eigenvalue weighted by Crippen LogP contribution is 2.77. The molecule has 4 fully saturated rings. The summed E-state index contributed by atoms with van der Waals surface area (Å²) in [5, 5.41) is 3.40. The largest absolute Gasteiger partial charge is 0.469 e. The zero-order valence-electron chi connectivity index (χ0n) is 36.6. The molecule has 9 atom stereocenters. The molecule has 1 amide bonds. The summed E-state index contributed by atoms with van der Waals surface area (Å²) in [5.74, 6) is 1.89. The summed E-state index contributed by atoms with van der Waals surface area (Å²) in [5.41, 5.74) is 5.27. The third kappa shape index (κ3) is 7.67. The summed E-state index contributed by atoms with van der Waals surface area (Å²) in [4.78, 5) is 50.7. The van der Waals surface area contributed by atoms with Gasteiger partial charge in [0.05, 0.1) is 39.6 Å². The molecular formula is C48H72N2O7. The number of carbonyl (C=O) groups excluding carboxylic acids is 3. The number of ether oxygens (including phenoxy) is 2. The van der Waals surface area contributed by atoms with Gasteiger partial charge in [0.1, 0.15) is 6.61 Å². The molecule has 0 heterocycles. The van der Waals surface area contributed by atoms with Gasteiger partial charge in [-0.3, -0.25) is 14.4 Å². The molecule has 316 valence electrons. The van der Waals surface area contributed by atoms with Gasteiger partial charge in [0.2, 0.25) is 5.91 Å². The molecule has 0 radical (unpaired) electrons. The van der Waals surface area contributed by atoms with E-state index in [4.69, 9.17) is 19.2 Å². The number of carbonyl (C=O) groups is 3. The number of fused-ring (bicyclic) bond motifs is 7. The molecule has 0 aliphatic heterocycles. The third-order valence-electron chi connectivity index (χ3n) is 17.1. The van der Waals surface area contributed by atoms with Crippen LogP contribution in [0, 0.1) is 56.7 Å². The molecule has 0 saturated heterocycles. The molecule has 0 spiro atoms. The molecule has 1 N–H and O–H groups in total. The Kier molecular flexibility index (Phi) is 12.9. The molecule has 1 aromatic carbocycles. The van der Waals surface area contributed by atoms with E-state index < -0.39 is 5.41 Å². The zero-order valence-corrected chi connectivity index (χ0v) is 36.6. The first-order valence-electron chi connectivity index (χ1n) is 21.8. The first-order valence-corrected chi connectivity index (χ1v) is 21.8. The van der Waals surface area contributed by atoms with E-state index in [-0.39, 0.29) is 58.3 Å². The Labute approximate surface area is 343 Å². The van der Waals surface area contributed by atoms with Crippen molar-refractivity contribution in [1.29, 1.82) is 0 Å². The van der Waals surface area contributed by atoms with E-state index >= 15 is 0 Å². The fourth-order valence-corrected chi connectivity index (χ4v) is 14.1. The minimum absolute atomic E-state index is 0.0428. The quantitative estimate of drug-likeness (QED) is 0.0814. The summed E-state index contributed by atoms with van der Waals surface area (Å²) < 4.78 is 9.74. The van der Waals surface area contributed by atoms with Gasteiger partial charge in [-0.25, -0.2) is 9.78 Å². The number of allylic oxidation sites excluding steroid dienone is 3. The summed E-state index contributed by atoms with van der Waals surface area (Å²) in [6.07, 6.45) is 12.9. The molecule has 4 saturated carbocycles. The van der Waals surface area contributed by atoms with Crippen molar-refractivity contribution < 1.29 is 33.6 Å². The first-order chi connectivity index (χ1) is 27.0. The molecule has 0 unspecified atom stereocenters. The standard InChI is InChI=1S/C48H72N2O7/c1-32(2)35-17-24-48(43(53)49-27-30-50(28-20-40(51)54-8)29-21-41(52)55-9)26-25-46(6)37(42(35)48)15-16-39-45(5)22-18-36(34-13-11-33(12-14-34)31-57-56-10)44(3,4)38(45)19-23-47(39,46)7/h11-14,18,35,37-39,42H,1,15-17,19-31H2,2-10H3,(H,49,53)/t35-,37+,38-,39+,42+,45-,46+,47+,48-/m0/s1. The Morgan fingerprint density at radius 2 is 1.47 bits per heavy atom. The van der Waals surface area contributed by atoms with Crippen LogP contribution in [-0.4, -0.2) is 70.3 Å². The number of amides is 1. The highest BCUT2D eigenvalue weighted by molar-refractivity contribution is 5.84. The van der Waals surface area contributed by atoms with E-state index in [2.05, 4.69) is 83.8 Å². The summed E-state index contributed by atoms with van der Waals surface area (Å²) in [6, 6.07) is 8.86. The van der Waals surface area contributed by atoms with E-state index in [0.29, 0.717) is 56.5 Å².